The summed E-state index contributed by atoms with van der Waals surface area (Å²) < 4.78 is 26.4. The van der Waals surface area contributed by atoms with Crippen LogP contribution in [0.1, 0.15) is 87.5 Å². The van der Waals surface area contributed by atoms with Crippen LogP contribution in [0.2, 0.25) is 0 Å². The molecule has 1 aliphatic carbocycles. The SMILES string of the molecule is CCCN(C(=O)[C@@H](NC(=O)N[C@H](CS(=O)(=O)c1ccccc1)C(C)(C)C)C(C)(C)C)[C@@H](C)C(=O)NC(CC1CCC1)C(=O)C(N)=O. The Bertz CT molecular complexity index is 1350. The fourth-order valence-corrected chi connectivity index (χ4v) is 7.02. The number of primary amides is 1. The summed E-state index contributed by atoms with van der Waals surface area (Å²) in [7, 11) is -3.75. The fraction of sp³-hybridized carbons (Fsp3) is 0.667. The van der Waals surface area contributed by atoms with E-state index in [4.69, 9.17) is 5.73 Å². The molecule has 0 aromatic heterocycles. The highest BCUT2D eigenvalue weighted by molar-refractivity contribution is 7.91. The van der Waals surface area contributed by atoms with Gasteiger partial charge in [0.05, 0.1) is 16.7 Å². The molecule has 1 aromatic carbocycles. The van der Waals surface area contributed by atoms with Gasteiger partial charge in [0, 0.05) is 12.6 Å². The minimum absolute atomic E-state index is 0.143. The lowest BCUT2D eigenvalue weighted by atomic mass is 9.80. The van der Waals surface area contributed by atoms with E-state index in [0.29, 0.717) is 12.8 Å². The van der Waals surface area contributed by atoms with Crippen molar-refractivity contribution in [2.24, 2.45) is 22.5 Å². The van der Waals surface area contributed by atoms with E-state index in [9.17, 15) is 32.4 Å². The van der Waals surface area contributed by atoms with Gasteiger partial charge in [-0.3, -0.25) is 19.2 Å². The molecule has 46 heavy (non-hydrogen) atoms. The Balaban J connectivity index is 2.27. The highest BCUT2D eigenvalue weighted by atomic mass is 32.2. The summed E-state index contributed by atoms with van der Waals surface area (Å²) in [6.07, 6.45) is 3.59. The van der Waals surface area contributed by atoms with E-state index < -0.39 is 74.4 Å². The first kappa shape index (κ1) is 38.7. The monoisotopic (exact) mass is 663 g/mol. The number of carbonyl (C=O) groups is 5. The van der Waals surface area contributed by atoms with Gasteiger partial charge in [0.15, 0.2) is 9.84 Å². The number of nitrogens with zero attached hydrogens (tertiary/aromatic N) is 1. The number of amides is 5. The normalized spacial score (nSPS) is 16.6. The lowest BCUT2D eigenvalue weighted by molar-refractivity contribution is -0.144. The summed E-state index contributed by atoms with van der Waals surface area (Å²) >= 11 is 0. The van der Waals surface area contributed by atoms with Gasteiger partial charge in [-0.2, -0.15) is 0 Å². The van der Waals surface area contributed by atoms with Gasteiger partial charge in [-0.05, 0) is 48.6 Å². The number of carbonyl (C=O) groups excluding carboxylic acids is 5. The highest BCUT2D eigenvalue weighted by Gasteiger charge is 2.40. The number of nitrogens with two attached hydrogens (primary N) is 1. The molecule has 1 aromatic rings. The van der Waals surface area contributed by atoms with Crippen molar-refractivity contribution in [3.05, 3.63) is 30.3 Å². The molecule has 0 spiro atoms. The molecule has 12 nitrogen and oxygen atoms in total. The zero-order valence-corrected chi connectivity index (χ0v) is 29.3. The van der Waals surface area contributed by atoms with Gasteiger partial charge in [0.25, 0.3) is 5.91 Å². The van der Waals surface area contributed by atoms with Crippen molar-refractivity contribution in [1.29, 1.82) is 0 Å². The third-order valence-corrected chi connectivity index (χ3v) is 10.3. The van der Waals surface area contributed by atoms with Crippen LogP contribution < -0.4 is 21.7 Å². The van der Waals surface area contributed by atoms with E-state index in [1.807, 2.05) is 27.7 Å². The summed E-state index contributed by atoms with van der Waals surface area (Å²) in [6, 6.07) is 3.24. The molecule has 2 rings (SSSR count). The Hall–Kier alpha value is -3.48. The van der Waals surface area contributed by atoms with Crippen molar-refractivity contribution in [3.63, 3.8) is 0 Å². The highest BCUT2D eigenvalue weighted by Crippen LogP contribution is 2.31. The van der Waals surface area contributed by atoms with Crippen molar-refractivity contribution in [1.82, 2.24) is 20.9 Å². The predicted molar refractivity (Wildman–Crippen MR) is 176 cm³/mol. The summed E-state index contributed by atoms with van der Waals surface area (Å²) in [6.45, 7) is 14.3. The summed E-state index contributed by atoms with van der Waals surface area (Å²) in [5.41, 5.74) is 3.79. The minimum Gasteiger partial charge on any atom is -0.363 e. The average Bonchev–Trinajstić information content (AvgIpc) is 2.93. The number of hydrogen-bond acceptors (Lipinski definition) is 7. The lowest BCUT2D eigenvalue weighted by Crippen LogP contribution is -2.62. The standard InChI is InChI=1S/C33H53N5O7S/c1-9-18-38(21(2)29(41)35-24(26(39)28(34)40)19-22-14-13-15-22)30(42)27(33(6,7)8)37-31(43)36-25(32(3,4)5)20-46(44,45)23-16-11-10-12-17-23/h10-12,16-17,21-22,24-25,27H,9,13-15,18-20H2,1-8H3,(H2,34,40)(H,35,41)(H2,36,37,43)/t21-,24?,25+,27+/m0/s1. The lowest BCUT2D eigenvalue weighted by Gasteiger charge is -2.38. The molecule has 0 bridgehead atoms. The second kappa shape index (κ2) is 15.9. The van der Waals surface area contributed by atoms with Gasteiger partial charge in [-0.25, -0.2) is 13.2 Å². The molecule has 0 aliphatic heterocycles. The molecule has 4 atom stereocenters. The zero-order chi connectivity index (χ0) is 35.0. The largest absolute Gasteiger partial charge is 0.363 e. The smallest absolute Gasteiger partial charge is 0.315 e. The fourth-order valence-electron chi connectivity index (χ4n) is 5.23. The summed E-state index contributed by atoms with van der Waals surface area (Å²) in [5, 5.41) is 8.18. The number of nitrogens with one attached hydrogen (secondary N) is 3. The Morgan fingerprint density at radius 3 is 1.98 bits per heavy atom. The molecule has 1 saturated carbocycles. The van der Waals surface area contributed by atoms with E-state index in [1.54, 1.807) is 39.0 Å². The van der Waals surface area contributed by atoms with E-state index >= 15 is 0 Å². The number of rotatable bonds is 15. The van der Waals surface area contributed by atoms with Crippen molar-refractivity contribution >= 4 is 39.4 Å². The predicted octanol–water partition coefficient (Wildman–Crippen LogP) is 2.95. The number of sulfone groups is 1. The Morgan fingerprint density at radius 1 is 0.935 bits per heavy atom. The Labute approximate surface area is 273 Å². The Kier molecular flexibility index (Phi) is 13.4. The number of Topliss-reactive ketones (excluding diaryl/α,β-unsaturated/α-hetero) is 1. The van der Waals surface area contributed by atoms with Gasteiger partial charge < -0.3 is 26.6 Å². The average molecular weight is 664 g/mol. The third-order valence-electron chi connectivity index (χ3n) is 8.49. The second-order valence-electron chi connectivity index (χ2n) is 14.5. The molecule has 0 saturated heterocycles. The van der Waals surface area contributed by atoms with Crippen LogP contribution in [-0.2, 0) is 29.0 Å². The molecular weight excluding hydrogens is 610 g/mol. The van der Waals surface area contributed by atoms with E-state index in [2.05, 4.69) is 16.0 Å². The summed E-state index contributed by atoms with van der Waals surface area (Å²) in [4.78, 5) is 66.7. The number of hydrogen-bond donors (Lipinski definition) is 4. The maximum Gasteiger partial charge on any atom is 0.315 e. The van der Waals surface area contributed by atoms with Gasteiger partial charge in [-0.1, -0.05) is 85.9 Å². The van der Waals surface area contributed by atoms with Crippen LogP contribution in [0.3, 0.4) is 0 Å². The molecule has 258 valence electrons. The van der Waals surface area contributed by atoms with E-state index in [0.717, 1.165) is 19.3 Å². The molecule has 0 heterocycles. The molecule has 1 unspecified atom stereocenters. The zero-order valence-electron chi connectivity index (χ0n) is 28.5. The van der Waals surface area contributed by atoms with Crippen molar-refractivity contribution < 1.29 is 32.4 Å². The maximum absolute atomic E-state index is 14.1. The molecule has 5 amide bonds. The maximum atomic E-state index is 14.1. The quantitative estimate of drug-likeness (QED) is 0.208. The molecule has 13 heteroatoms. The van der Waals surface area contributed by atoms with Crippen LogP contribution in [0.25, 0.3) is 0 Å². The number of ketones is 1. The first-order valence-corrected chi connectivity index (χ1v) is 17.6. The van der Waals surface area contributed by atoms with Crippen LogP contribution >= 0.6 is 0 Å². The van der Waals surface area contributed by atoms with E-state index in [-0.39, 0.29) is 23.1 Å². The van der Waals surface area contributed by atoms with Gasteiger partial charge in [0.1, 0.15) is 12.1 Å². The molecular formula is C33H53N5O7S. The van der Waals surface area contributed by atoms with Crippen LogP contribution in [0.15, 0.2) is 35.2 Å². The van der Waals surface area contributed by atoms with Crippen LogP contribution in [0, 0.1) is 16.7 Å². The Morgan fingerprint density at radius 2 is 1.52 bits per heavy atom. The third kappa shape index (κ3) is 10.8. The van der Waals surface area contributed by atoms with Gasteiger partial charge in [0.2, 0.25) is 17.6 Å². The van der Waals surface area contributed by atoms with Gasteiger partial charge in [-0.15, -0.1) is 0 Å². The van der Waals surface area contributed by atoms with Crippen molar-refractivity contribution in [3.8, 4) is 0 Å². The van der Waals surface area contributed by atoms with Crippen molar-refractivity contribution in [2.75, 3.05) is 12.3 Å². The van der Waals surface area contributed by atoms with Crippen molar-refractivity contribution in [2.45, 2.75) is 117 Å². The summed E-state index contributed by atoms with van der Waals surface area (Å²) in [5.74, 6) is -3.30. The van der Waals surface area contributed by atoms with Crippen LogP contribution in [0.5, 0.6) is 0 Å². The molecule has 5 N–H and O–H groups in total. The van der Waals surface area contributed by atoms with Crippen LogP contribution in [-0.4, -0.2) is 79.3 Å². The first-order valence-electron chi connectivity index (χ1n) is 16.0. The molecule has 1 aliphatic rings. The minimum atomic E-state index is -3.75. The topological polar surface area (TPSA) is 185 Å². The van der Waals surface area contributed by atoms with E-state index in [1.165, 1.54) is 24.0 Å². The van der Waals surface area contributed by atoms with Gasteiger partial charge >= 0.3 is 6.03 Å². The van der Waals surface area contributed by atoms with Crippen LogP contribution in [0.4, 0.5) is 4.79 Å². The first-order chi connectivity index (χ1) is 21.2. The number of benzene rings is 1. The molecule has 0 radical (unpaired) electrons. The number of urea groups is 1. The molecule has 1 fully saturated rings. The second-order valence-corrected chi connectivity index (χ2v) is 16.5.